The summed E-state index contributed by atoms with van der Waals surface area (Å²) in [5.41, 5.74) is 4.14. The van der Waals surface area contributed by atoms with E-state index in [2.05, 4.69) is 63.7 Å². The van der Waals surface area contributed by atoms with E-state index in [9.17, 15) is 5.11 Å². The highest BCUT2D eigenvalue weighted by molar-refractivity contribution is 5.85. The van der Waals surface area contributed by atoms with Gasteiger partial charge in [-0.15, -0.1) is 27.7 Å². The molecule has 1 aromatic carbocycles. The first kappa shape index (κ1) is 23.0. The van der Waals surface area contributed by atoms with Gasteiger partial charge in [-0.3, -0.25) is 0 Å². The van der Waals surface area contributed by atoms with E-state index in [1.807, 2.05) is 28.9 Å². The smallest absolute Gasteiger partial charge is 0.201 e. The predicted octanol–water partition coefficient (Wildman–Crippen LogP) is 3.95. The Balaban J connectivity index is 0.00000259. The number of phenolic OH excluding ortho intramolecular Hbond substituents is 1. The molecule has 9 nitrogen and oxygen atoms in total. The molecule has 2 N–H and O–H groups in total. The van der Waals surface area contributed by atoms with Crippen LogP contribution in [-0.4, -0.2) is 51.6 Å². The molecule has 0 radical (unpaired) electrons. The SMILES string of the molecule is CC1(C)CC(n2nnc3cc(-c4ccc(-c5ccnnc5)cc4O)nnc32)CC(C)(C)N1.Cl. The lowest BCUT2D eigenvalue weighted by Gasteiger charge is -2.46. The molecule has 1 fully saturated rings. The monoisotopic (exact) mass is 466 g/mol. The number of benzene rings is 1. The third kappa shape index (κ3) is 4.51. The molecule has 1 aliphatic heterocycles. The second-order valence-corrected chi connectivity index (χ2v) is 9.79. The Morgan fingerprint density at radius 2 is 1.70 bits per heavy atom. The van der Waals surface area contributed by atoms with Crippen molar-refractivity contribution in [1.82, 2.24) is 40.7 Å². The van der Waals surface area contributed by atoms with Crippen LogP contribution in [0.1, 0.15) is 46.6 Å². The van der Waals surface area contributed by atoms with E-state index < -0.39 is 0 Å². The Hall–Kier alpha value is -3.17. The largest absolute Gasteiger partial charge is 0.507 e. The fourth-order valence-electron chi connectivity index (χ4n) is 4.96. The topological polar surface area (TPSA) is 115 Å². The second kappa shape index (κ2) is 8.31. The number of piperidine rings is 1. The lowest BCUT2D eigenvalue weighted by Crippen LogP contribution is -2.58. The van der Waals surface area contributed by atoms with Gasteiger partial charge in [-0.1, -0.05) is 11.3 Å². The van der Waals surface area contributed by atoms with E-state index in [1.165, 1.54) is 0 Å². The minimum atomic E-state index is -0.0179. The number of phenols is 1. The van der Waals surface area contributed by atoms with Crippen molar-refractivity contribution >= 4 is 23.6 Å². The maximum atomic E-state index is 10.7. The molecule has 4 heterocycles. The van der Waals surface area contributed by atoms with E-state index in [0.29, 0.717) is 22.4 Å². The van der Waals surface area contributed by atoms with Crippen molar-refractivity contribution in [3.05, 3.63) is 42.7 Å². The van der Waals surface area contributed by atoms with Gasteiger partial charge in [0.05, 0.1) is 24.1 Å². The molecule has 4 aromatic rings. The molecule has 0 saturated carbocycles. The lowest BCUT2D eigenvalue weighted by molar-refractivity contribution is 0.127. The minimum Gasteiger partial charge on any atom is -0.507 e. The summed E-state index contributed by atoms with van der Waals surface area (Å²) in [5.74, 6) is 0.113. The summed E-state index contributed by atoms with van der Waals surface area (Å²) in [7, 11) is 0. The van der Waals surface area contributed by atoms with Crippen LogP contribution in [0, 0.1) is 0 Å². The predicted molar refractivity (Wildman–Crippen MR) is 128 cm³/mol. The van der Waals surface area contributed by atoms with Crippen LogP contribution in [0.5, 0.6) is 5.75 Å². The number of hydrogen-bond acceptors (Lipinski definition) is 8. The van der Waals surface area contributed by atoms with Gasteiger partial charge in [0.1, 0.15) is 11.3 Å². The summed E-state index contributed by atoms with van der Waals surface area (Å²) in [5, 5.41) is 39.6. The van der Waals surface area contributed by atoms with Crippen molar-refractivity contribution in [2.45, 2.75) is 57.7 Å². The second-order valence-electron chi connectivity index (χ2n) is 9.79. The van der Waals surface area contributed by atoms with E-state index in [0.717, 1.165) is 24.0 Å². The van der Waals surface area contributed by atoms with Crippen molar-refractivity contribution in [2.24, 2.45) is 0 Å². The molecule has 0 bridgehead atoms. The third-order valence-electron chi connectivity index (χ3n) is 5.93. The number of nitrogens with zero attached hydrogens (tertiary/aromatic N) is 7. The first-order valence-electron chi connectivity index (χ1n) is 10.7. The highest BCUT2D eigenvalue weighted by Gasteiger charge is 2.39. The van der Waals surface area contributed by atoms with Crippen molar-refractivity contribution < 1.29 is 5.11 Å². The molecule has 0 atom stereocenters. The van der Waals surface area contributed by atoms with Gasteiger partial charge in [0.2, 0.25) is 5.65 Å². The average Bonchev–Trinajstić information content (AvgIpc) is 3.15. The maximum Gasteiger partial charge on any atom is 0.201 e. The molecule has 1 saturated heterocycles. The molecule has 0 unspecified atom stereocenters. The molecule has 1 aliphatic rings. The first-order valence-corrected chi connectivity index (χ1v) is 10.7. The number of aromatic nitrogens is 7. The van der Waals surface area contributed by atoms with Gasteiger partial charge in [0.25, 0.3) is 0 Å². The zero-order valence-electron chi connectivity index (χ0n) is 19.0. The zero-order valence-corrected chi connectivity index (χ0v) is 19.8. The van der Waals surface area contributed by atoms with E-state index in [4.69, 9.17) is 0 Å². The van der Waals surface area contributed by atoms with Crippen molar-refractivity contribution in [1.29, 1.82) is 0 Å². The lowest BCUT2D eigenvalue weighted by atomic mass is 9.80. The summed E-state index contributed by atoms with van der Waals surface area (Å²) in [4.78, 5) is 0. The molecular weight excluding hydrogens is 440 g/mol. The quantitative estimate of drug-likeness (QED) is 0.466. The summed E-state index contributed by atoms with van der Waals surface area (Å²) in [6.45, 7) is 8.83. The van der Waals surface area contributed by atoms with Crippen LogP contribution in [0.2, 0.25) is 0 Å². The van der Waals surface area contributed by atoms with Crippen LogP contribution in [-0.2, 0) is 0 Å². The number of hydrogen-bond donors (Lipinski definition) is 2. The average molecular weight is 467 g/mol. The van der Waals surface area contributed by atoms with Gasteiger partial charge in [-0.25, -0.2) is 4.68 Å². The van der Waals surface area contributed by atoms with Crippen molar-refractivity contribution in [3.8, 4) is 28.1 Å². The molecule has 33 heavy (non-hydrogen) atoms. The molecule has 172 valence electrons. The Labute approximate surface area is 198 Å². The summed E-state index contributed by atoms with van der Waals surface area (Å²) < 4.78 is 1.90. The summed E-state index contributed by atoms with van der Waals surface area (Å²) >= 11 is 0. The number of halogens is 1. The summed E-state index contributed by atoms with van der Waals surface area (Å²) in [6, 6.07) is 9.26. The standard InChI is InChI=1S/C23H26N8O.ClH/c1-22(2)11-16(12-23(3,4)29-22)31-21-19(27-30-31)10-18(26-28-21)17-6-5-14(9-20(17)32)15-7-8-24-25-13-15;/h5-10,13,16,29,32H,11-12H2,1-4H3;1H. The van der Waals surface area contributed by atoms with Gasteiger partial charge in [-0.05, 0) is 70.4 Å². The highest BCUT2D eigenvalue weighted by Crippen LogP contribution is 2.37. The number of fused-ring (bicyclic) bond motifs is 1. The van der Waals surface area contributed by atoms with Crippen LogP contribution < -0.4 is 5.32 Å². The van der Waals surface area contributed by atoms with Crippen molar-refractivity contribution in [2.75, 3.05) is 0 Å². The zero-order chi connectivity index (χ0) is 22.5. The van der Waals surface area contributed by atoms with E-state index in [-0.39, 0.29) is 35.3 Å². The highest BCUT2D eigenvalue weighted by atomic mass is 35.5. The molecule has 5 rings (SSSR count). The third-order valence-corrected chi connectivity index (χ3v) is 5.93. The number of rotatable bonds is 3. The molecule has 0 spiro atoms. The normalized spacial score (nSPS) is 17.6. The van der Waals surface area contributed by atoms with Crippen LogP contribution in [0.3, 0.4) is 0 Å². The van der Waals surface area contributed by atoms with Gasteiger partial charge >= 0.3 is 0 Å². The number of nitrogens with one attached hydrogen (secondary N) is 1. The Morgan fingerprint density at radius 1 is 0.939 bits per heavy atom. The van der Waals surface area contributed by atoms with Crippen LogP contribution >= 0.6 is 12.4 Å². The van der Waals surface area contributed by atoms with Crippen LogP contribution in [0.25, 0.3) is 33.5 Å². The Kier molecular flexibility index (Phi) is 5.79. The fourth-order valence-corrected chi connectivity index (χ4v) is 4.96. The Morgan fingerprint density at radius 3 is 2.36 bits per heavy atom. The summed E-state index contributed by atoms with van der Waals surface area (Å²) in [6.07, 6.45) is 5.12. The van der Waals surface area contributed by atoms with Gasteiger partial charge in [0, 0.05) is 22.2 Å². The molecular formula is C23H27ClN8O. The Bertz CT molecular complexity index is 1270. The van der Waals surface area contributed by atoms with E-state index >= 15 is 0 Å². The van der Waals surface area contributed by atoms with E-state index in [1.54, 1.807) is 18.5 Å². The minimum absolute atomic E-state index is 0. The maximum absolute atomic E-state index is 10.7. The molecule has 10 heteroatoms. The van der Waals surface area contributed by atoms with Crippen molar-refractivity contribution in [3.63, 3.8) is 0 Å². The fraction of sp³-hybridized carbons (Fsp3) is 0.391. The molecule has 0 amide bonds. The van der Waals surface area contributed by atoms with Crippen LogP contribution in [0.4, 0.5) is 0 Å². The first-order chi connectivity index (χ1) is 15.2. The van der Waals surface area contributed by atoms with Gasteiger partial charge in [-0.2, -0.15) is 10.2 Å². The van der Waals surface area contributed by atoms with Gasteiger partial charge in [0.15, 0.2) is 0 Å². The number of aromatic hydroxyl groups is 1. The van der Waals surface area contributed by atoms with Gasteiger partial charge < -0.3 is 10.4 Å². The molecule has 0 aliphatic carbocycles. The molecule has 3 aromatic heterocycles. The van der Waals surface area contributed by atoms with Crippen LogP contribution in [0.15, 0.2) is 42.7 Å².